The molecule has 0 aromatic carbocycles. The molecule has 1 nitrogen and oxygen atoms in total. The van der Waals surface area contributed by atoms with Crippen LogP contribution in [0.2, 0.25) is 0 Å². The third kappa shape index (κ3) is 13.7. The molecule has 0 rings (SSSR count). The maximum Gasteiger partial charge on any atom is 0.389 e. The molecule has 1 N–H and O–H groups in total. The van der Waals surface area contributed by atoms with Gasteiger partial charge in [-0.05, 0) is 18.8 Å². The summed E-state index contributed by atoms with van der Waals surface area (Å²) in [7, 11) is 0. The van der Waals surface area contributed by atoms with Gasteiger partial charge in [-0.1, -0.05) is 45.4 Å². The van der Waals surface area contributed by atoms with Crippen LogP contribution in [0.3, 0.4) is 0 Å². The number of alkyl halides is 3. The Hall–Kier alpha value is -0.250. The van der Waals surface area contributed by atoms with Crippen LogP contribution in [-0.4, -0.2) is 17.9 Å². The molecular weight excluding hydrogens is 229 g/mol. The third-order valence-corrected chi connectivity index (χ3v) is 3.03. The van der Waals surface area contributed by atoms with E-state index < -0.39 is 12.6 Å². The van der Waals surface area contributed by atoms with E-state index in [4.69, 9.17) is 5.11 Å². The Morgan fingerprint density at radius 2 is 1.41 bits per heavy atom. The van der Waals surface area contributed by atoms with Gasteiger partial charge in [0.1, 0.15) is 0 Å². The standard InChI is InChI=1S/C13H25F3O/c1-12(9-10-13(14,15)16)8-6-4-2-3-5-7-11-17/h12,17H,2-11H2,1H3. The summed E-state index contributed by atoms with van der Waals surface area (Å²) < 4.78 is 35.9. The second-order valence-corrected chi connectivity index (χ2v) is 4.89. The zero-order valence-corrected chi connectivity index (χ0v) is 10.7. The minimum absolute atomic E-state index is 0.175. The van der Waals surface area contributed by atoms with Gasteiger partial charge in [0.05, 0.1) is 0 Å². The number of aliphatic hydroxyl groups excluding tert-OH is 1. The molecule has 0 saturated carbocycles. The molecule has 0 amide bonds. The topological polar surface area (TPSA) is 20.2 Å². The van der Waals surface area contributed by atoms with Crippen molar-refractivity contribution in [1.82, 2.24) is 0 Å². The molecule has 104 valence electrons. The van der Waals surface area contributed by atoms with Crippen molar-refractivity contribution in [2.75, 3.05) is 6.61 Å². The Morgan fingerprint density at radius 3 is 1.94 bits per heavy atom. The summed E-state index contributed by atoms with van der Waals surface area (Å²) in [5.74, 6) is 0.175. The molecule has 0 aliphatic rings. The van der Waals surface area contributed by atoms with Crippen molar-refractivity contribution in [3.8, 4) is 0 Å². The van der Waals surface area contributed by atoms with E-state index in [-0.39, 0.29) is 18.9 Å². The zero-order valence-electron chi connectivity index (χ0n) is 10.7. The van der Waals surface area contributed by atoms with Gasteiger partial charge in [0, 0.05) is 13.0 Å². The first-order chi connectivity index (χ1) is 7.95. The van der Waals surface area contributed by atoms with Gasteiger partial charge >= 0.3 is 6.18 Å². The van der Waals surface area contributed by atoms with Crippen molar-refractivity contribution in [1.29, 1.82) is 0 Å². The summed E-state index contributed by atoms with van der Waals surface area (Å²) in [5, 5.41) is 8.57. The molecule has 0 radical (unpaired) electrons. The predicted octanol–water partition coefficient (Wildman–Crippen LogP) is 4.69. The average Bonchev–Trinajstić information content (AvgIpc) is 2.24. The van der Waals surface area contributed by atoms with Gasteiger partial charge in [-0.15, -0.1) is 0 Å². The molecule has 0 spiro atoms. The van der Waals surface area contributed by atoms with E-state index in [0.717, 1.165) is 44.9 Å². The molecule has 0 fully saturated rings. The second-order valence-electron chi connectivity index (χ2n) is 4.89. The van der Waals surface area contributed by atoms with Crippen molar-refractivity contribution >= 4 is 0 Å². The summed E-state index contributed by atoms with van der Waals surface area (Å²) in [6.45, 7) is 2.16. The zero-order chi connectivity index (χ0) is 13.1. The molecule has 17 heavy (non-hydrogen) atoms. The molecule has 0 heterocycles. The highest BCUT2D eigenvalue weighted by molar-refractivity contribution is 4.58. The Kier molecular flexibility index (Phi) is 9.60. The molecule has 0 aliphatic heterocycles. The Bertz CT molecular complexity index is 169. The summed E-state index contributed by atoms with van der Waals surface area (Å²) in [6.07, 6.45) is 2.80. The second kappa shape index (κ2) is 9.75. The highest BCUT2D eigenvalue weighted by Gasteiger charge is 2.27. The van der Waals surface area contributed by atoms with Gasteiger partial charge in [0.15, 0.2) is 0 Å². The van der Waals surface area contributed by atoms with Crippen molar-refractivity contribution in [3.05, 3.63) is 0 Å². The molecule has 0 bridgehead atoms. The summed E-state index contributed by atoms with van der Waals surface area (Å²) in [5.41, 5.74) is 0. The SMILES string of the molecule is CC(CCCCCCCCO)CCC(F)(F)F. The van der Waals surface area contributed by atoms with Crippen LogP contribution in [0, 0.1) is 5.92 Å². The maximum absolute atomic E-state index is 12.0. The van der Waals surface area contributed by atoms with Crippen LogP contribution >= 0.6 is 0 Å². The average molecular weight is 254 g/mol. The lowest BCUT2D eigenvalue weighted by atomic mass is 9.97. The number of aliphatic hydroxyl groups is 1. The molecule has 0 aromatic heterocycles. The molecule has 0 aliphatic carbocycles. The minimum atomic E-state index is -4.00. The third-order valence-electron chi connectivity index (χ3n) is 3.03. The fraction of sp³-hybridized carbons (Fsp3) is 1.00. The minimum Gasteiger partial charge on any atom is -0.396 e. The molecule has 1 atom stereocenters. The van der Waals surface area contributed by atoms with E-state index in [0.29, 0.717) is 0 Å². The normalized spacial score (nSPS) is 13.9. The molecule has 4 heteroatoms. The van der Waals surface area contributed by atoms with E-state index in [1.54, 1.807) is 0 Å². The fourth-order valence-corrected chi connectivity index (χ4v) is 1.87. The molecule has 0 saturated heterocycles. The van der Waals surface area contributed by atoms with Crippen LogP contribution in [-0.2, 0) is 0 Å². The van der Waals surface area contributed by atoms with E-state index in [9.17, 15) is 13.2 Å². The number of hydrogen-bond acceptors (Lipinski definition) is 1. The van der Waals surface area contributed by atoms with Gasteiger partial charge in [-0.25, -0.2) is 0 Å². The highest BCUT2D eigenvalue weighted by atomic mass is 19.4. The van der Waals surface area contributed by atoms with Crippen molar-refractivity contribution in [2.45, 2.75) is 70.9 Å². The van der Waals surface area contributed by atoms with Gasteiger partial charge < -0.3 is 5.11 Å². The quantitative estimate of drug-likeness (QED) is 0.561. The summed E-state index contributed by atoms with van der Waals surface area (Å²) >= 11 is 0. The molecule has 0 aromatic rings. The first kappa shape index (κ1) is 16.8. The maximum atomic E-state index is 12.0. The lowest BCUT2D eigenvalue weighted by Crippen LogP contribution is -2.09. The lowest BCUT2D eigenvalue weighted by Gasteiger charge is -2.12. The number of halogens is 3. The molecular formula is C13H25F3O. The van der Waals surface area contributed by atoms with E-state index in [2.05, 4.69) is 0 Å². The largest absolute Gasteiger partial charge is 0.396 e. The Morgan fingerprint density at radius 1 is 0.882 bits per heavy atom. The number of unbranched alkanes of at least 4 members (excludes halogenated alkanes) is 5. The fourth-order valence-electron chi connectivity index (χ4n) is 1.87. The van der Waals surface area contributed by atoms with Gasteiger partial charge in [-0.2, -0.15) is 13.2 Å². The van der Waals surface area contributed by atoms with E-state index >= 15 is 0 Å². The van der Waals surface area contributed by atoms with E-state index in [1.165, 1.54) is 0 Å². The van der Waals surface area contributed by atoms with Gasteiger partial charge in [0.25, 0.3) is 0 Å². The summed E-state index contributed by atoms with van der Waals surface area (Å²) in [4.78, 5) is 0. The first-order valence-corrected chi connectivity index (χ1v) is 6.63. The Balaban J connectivity index is 3.25. The van der Waals surface area contributed by atoms with E-state index in [1.807, 2.05) is 6.92 Å². The van der Waals surface area contributed by atoms with Crippen LogP contribution in [0.15, 0.2) is 0 Å². The van der Waals surface area contributed by atoms with Crippen molar-refractivity contribution in [2.24, 2.45) is 5.92 Å². The smallest absolute Gasteiger partial charge is 0.389 e. The molecule has 1 unspecified atom stereocenters. The van der Waals surface area contributed by atoms with Crippen LogP contribution < -0.4 is 0 Å². The van der Waals surface area contributed by atoms with Crippen molar-refractivity contribution < 1.29 is 18.3 Å². The predicted molar refractivity (Wildman–Crippen MR) is 63.9 cm³/mol. The van der Waals surface area contributed by atoms with Crippen LogP contribution in [0.5, 0.6) is 0 Å². The van der Waals surface area contributed by atoms with Crippen molar-refractivity contribution in [3.63, 3.8) is 0 Å². The van der Waals surface area contributed by atoms with Gasteiger partial charge in [-0.3, -0.25) is 0 Å². The first-order valence-electron chi connectivity index (χ1n) is 6.63. The van der Waals surface area contributed by atoms with Gasteiger partial charge in [0.2, 0.25) is 0 Å². The number of hydrogen-bond donors (Lipinski definition) is 1. The van der Waals surface area contributed by atoms with Crippen LogP contribution in [0.4, 0.5) is 13.2 Å². The number of rotatable bonds is 10. The highest BCUT2D eigenvalue weighted by Crippen LogP contribution is 2.26. The monoisotopic (exact) mass is 254 g/mol. The van der Waals surface area contributed by atoms with Crippen LogP contribution in [0.25, 0.3) is 0 Å². The summed E-state index contributed by atoms with van der Waals surface area (Å²) in [6, 6.07) is 0. The lowest BCUT2D eigenvalue weighted by molar-refractivity contribution is -0.137. The Labute approximate surface area is 102 Å². The van der Waals surface area contributed by atoms with Crippen LogP contribution in [0.1, 0.15) is 64.7 Å².